The van der Waals surface area contributed by atoms with Crippen molar-refractivity contribution in [1.29, 1.82) is 0 Å². The van der Waals surface area contributed by atoms with Gasteiger partial charge in [0.1, 0.15) is 0 Å². The number of hydrogen-bond acceptors (Lipinski definition) is 4. The zero-order valence-corrected chi connectivity index (χ0v) is 13.6. The standard InChI is InChI=1S/C16H20N2S2/c1-3-18-16(13-9-17-6-4-11(13)2)15-8-12-10-19-7-5-14(12)20-15/h4,6,8-9,16,18H,3,5,7,10H2,1-2H3. The average molecular weight is 304 g/mol. The SMILES string of the molecule is CCNC(c1cc2c(s1)CCSC2)c1cnccc1C. The van der Waals surface area contributed by atoms with Crippen molar-refractivity contribution in [2.45, 2.75) is 32.1 Å². The van der Waals surface area contributed by atoms with Gasteiger partial charge in [0.05, 0.1) is 6.04 Å². The van der Waals surface area contributed by atoms with Crippen LogP contribution in [0, 0.1) is 6.92 Å². The smallest absolute Gasteiger partial charge is 0.0688 e. The summed E-state index contributed by atoms with van der Waals surface area (Å²) in [6.45, 7) is 5.31. The molecule has 0 bridgehead atoms. The minimum absolute atomic E-state index is 0.286. The van der Waals surface area contributed by atoms with E-state index in [4.69, 9.17) is 0 Å². The van der Waals surface area contributed by atoms with Crippen LogP contribution in [0.15, 0.2) is 24.5 Å². The van der Waals surface area contributed by atoms with Gasteiger partial charge >= 0.3 is 0 Å². The van der Waals surface area contributed by atoms with Gasteiger partial charge in [-0.2, -0.15) is 11.8 Å². The van der Waals surface area contributed by atoms with Crippen LogP contribution >= 0.6 is 23.1 Å². The van der Waals surface area contributed by atoms with E-state index in [1.54, 1.807) is 10.4 Å². The highest BCUT2D eigenvalue weighted by Gasteiger charge is 2.21. The van der Waals surface area contributed by atoms with Crippen LogP contribution < -0.4 is 5.32 Å². The molecule has 2 aromatic rings. The molecular weight excluding hydrogens is 284 g/mol. The van der Waals surface area contributed by atoms with Gasteiger partial charge in [0, 0.05) is 27.9 Å². The Morgan fingerprint density at radius 1 is 1.45 bits per heavy atom. The molecule has 0 spiro atoms. The van der Waals surface area contributed by atoms with E-state index in [0.29, 0.717) is 0 Å². The minimum atomic E-state index is 0.286. The number of nitrogens with zero attached hydrogens (tertiary/aromatic N) is 1. The van der Waals surface area contributed by atoms with Crippen molar-refractivity contribution in [3.05, 3.63) is 51.0 Å². The number of hydrogen-bond donors (Lipinski definition) is 1. The number of thiophene rings is 1. The van der Waals surface area contributed by atoms with Crippen molar-refractivity contribution in [1.82, 2.24) is 10.3 Å². The second kappa shape index (κ2) is 6.29. The fourth-order valence-corrected chi connectivity index (χ4v) is 5.13. The summed E-state index contributed by atoms with van der Waals surface area (Å²) in [6.07, 6.45) is 5.11. The van der Waals surface area contributed by atoms with Gasteiger partial charge in [-0.15, -0.1) is 11.3 Å². The van der Waals surface area contributed by atoms with E-state index in [9.17, 15) is 0 Å². The lowest BCUT2D eigenvalue weighted by Gasteiger charge is -2.18. The Hall–Kier alpha value is -0.840. The van der Waals surface area contributed by atoms with Crippen LogP contribution in [0.1, 0.15) is 39.4 Å². The van der Waals surface area contributed by atoms with Gasteiger partial charge in [-0.1, -0.05) is 6.92 Å². The molecule has 4 heteroatoms. The molecule has 0 aliphatic carbocycles. The summed E-state index contributed by atoms with van der Waals surface area (Å²) >= 11 is 4.03. The quantitative estimate of drug-likeness (QED) is 0.926. The van der Waals surface area contributed by atoms with E-state index in [1.165, 1.54) is 33.9 Å². The van der Waals surface area contributed by atoms with Gasteiger partial charge in [-0.05, 0) is 54.5 Å². The molecule has 3 rings (SSSR count). The molecular formula is C16H20N2S2. The number of pyridine rings is 1. The molecule has 106 valence electrons. The molecule has 1 N–H and O–H groups in total. The Kier molecular flexibility index (Phi) is 4.44. The summed E-state index contributed by atoms with van der Waals surface area (Å²) in [5.74, 6) is 2.45. The summed E-state index contributed by atoms with van der Waals surface area (Å²) in [4.78, 5) is 7.34. The van der Waals surface area contributed by atoms with E-state index in [1.807, 2.05) is 35.5 Å². The number of aromatic nitrogens is 1. The third-order valence-corrected chi connectivity index (χ3v) is 6.04. The lowest BCUT2D eigenvalue weighted by molar-refractivity contribution is 0.634. The van der Waals surface area contributed by atoms with E-state index < -0.39 is 0 Å². The van der Waals surface area contributed by atoms with Gasteiger partial charge in [0.15, 0.2) is 0 Å². The molecule has 0 saturated carbocycles. The van der Waals surface area contributed by atoms with E-state index in [2.05, 4.69) is 36.3 Å². The zero-order chi connectivity index (χ0) is 13.9. The maximum absolute atomic E-state index is 4.32. The Morgan fingerprint density at radius 2 is 2.35 bits per heavy atom. The van der Waals surface area contributed by atoms with Crippen molar-refractivity contribution >= 4 is 23.1 Å². The first-order valence-corrected chi connectivity index (χ1v) is 9.10. The predicted molar refractivity (Wildman–Crippen MR) is 88.7 cm³/mol. The summed E-state index contributed by atoms with van der Waals surface area (Å²) in [5.41, 5.74) is 4.16. The van der Waals surface area contributed by atoms with Gasteiger partial charge in [-0.3, -0.25) is 4.98 Å². The largest absolute Gasteiger partial charge is 0.306 e. The Balaban J connectivity index is 1.98. The molecule has 3 heterocycles. The van der Waals surface area contributed by atoms with Gasteiger partial charge in [0.2, 0.25) is 0 Å². The van der Waals surface area contributed by atoms with Crippen molar-refractivity contribution in [2.75, 3.05) is 12.3 Å². The van der Waals surface area contributed by atoms with Crippen LogP contribution in [0.5, 0.6) is 0 Å². The minimum Gasteiger partial charge on any atom is -0.306 e. The average Bonchev–Trinajstić information content (AvgIpc) is 2.89. The van der Waals surface area contributed by atoms with Crippen molar-refractivity contribution in [3.8, 4) is 0 Å². The summed E-state index contributed by atoms with van der Waals surface area (Å²) in [6, 6.07) is 4.80. The maximum atomic E-state index is 4.32. The first kappa shape index (κ1) is 14.1. The number of aryl methyl sites for hydroxylation is 2. The van der Waals surface area contributed by atoms with Gasteiger partial charge in [0.25, 0.3) is 0 Å². The summed E-state index contributed by atoms with van der Waals surface area (Å²) < 4.78 is 0. The maximum Gasteiger partial charge on any atom is 0.0688 e. The van der Waals surface area contributed by atoms with Crippen LogP contribution in [-0.2, 0) is 12.2 Å². The molecule has 2 aromatic heterocycles. The molecule has 0 amide bonds. The van der Waals surface area contributed by atoms with Crippen LogP contribution in [0.2, 0.25) is 0 Å². The third kappa shape index (κ3) is 2.78. The lowest BCUT2D eigenvalue weighted by Crippen LogP contribution is -2.22. The molecule has 1 unspecified atom stereocenters. The molecule has 2 nitrogen and oxygen atoms in total. The van der Waals surface area contributed by atoms with E-state index in [0.717, 1.165) is 6.54 Å². The number of rotatable bonds is 4. The van der Waals surface area contributed by atoms with Crippen molar-refractivity contribution in [3.63, 3.8) is 0 Å². The Morgan fingerprint density at radius 3 is 3.10 bits per heavy atom. The zero-order valence-electron chi connectivity index (χ0n) is 12.0. The third-order valence-electron chi connectivity index (χ3n) is 3.73. The normalized spacial score (nSPS) is 15.9. The molecule has 0 fully saturated rings. The first-order valence-electron chi connectivity index (χ1n) is 7.12. The first-order chi connectivity index (χ1) is 9.79. The van der Waals surface area contributed by atoms with Crippen molar-refractivity contribution < 1.29 is 0 Å². The van der Waals surface area contributed by atoms with Crippen LogP contribution in [0.25, 0.3) is 0 Å². The van der Waals surface area contributed by atoms with Crippen LogP contribution in [0.3, 0.4) is 0 Å². The Labute approximate surface area is 129 Å². The van der Waals surface area contributed by atoms with Gasteiger partial charge < -0.3 is 5.32 Å². The molecule has 0 radical (unpaired) electrons. The highest BCUT2D eigenvalue weighted by Crippen LogP contribution is 2.36. The molecule has 1 aliphatic rings. The molecule has 1 aliphatic heterocycles. The van der Waals surface area contributed by atoms with Crippen LogP contribution in [-0.4, -0.2) is 17.3 Å². The summed E-state index contributed by atoms with van der Waals surface area (Å²) in [7, 11) is 0. The number of nitrogens with one attached hydrogen (secondary N) is 1. The number of fused-ring (bicyclic) bond motifs is 1. The fraction of sp³-hybridized carbons (Fsp3) is 0.438. The molecule has 1 atom stereocenters. The monoisotopic (exact) mass is 304 g/mol. The number of thioether (sulfide) groups is 1. The topological polar surface area (TPSA) is 24.9 Å². The lowest BCUT2D eigenvalue weighted by atomic mass is 10.0. The Bertz CT molecular complexity index is 568. The van der Waals surface area contributed by atoms with Gasteiger partial charge in [-0.25, -0.2) is 0 Å². The molecule has 0 saturated heterocycles. The van der Waals surface area contributed by atoms with E-state index >= 15 is 0 Å². The second-order valence-corrected chi connectivity index (χ2v) is 7.40. The highest BCUT2D eigenvalue weighted by atomic mass is 32.2. The van der Waals surface area contributed by atoms with E-state index in [-0.39, 0.29) is 6.04 Å². The summed E-state index contributed by atoms with van der Waals surface area (Å²) in [5, 5.41) is 3.63. The predicted octanol–water partition coefficient (Wildman–Crippen LogP) is 3.94. The second-order valence-electron chi connectivity index (χ2n) is 5.12. The van der Waals surface area contributed by atoms with Crippen molar-refractivity contribution in [2.24, 2.45) is 0 Å². The van der Waals surface area contributed by atoms with Crippen LogP contribution in [0.4, 0.5) is 0 Å². The molecule has 20 heavy (non-hydrogen) atoms. The fourth-order valence-electron chi connectivity index (χ4n) is 2.66. The highest BCUT2D eigenvalue weighted by molar-refractivity contribution is 7.98. The molecule has 0 aromatic carbocycles.